The van der Waals surface area contributed by atoms with Crippen molar-refractivity contribution in [2.24, 2.45) is 5.92 Å². The van der Waals surface area contributed by atoms with E-state index in [0.29, 0.717) is 18.0 Å². The van der Waals surface area contributed by atoms with Gasteiger partial charge in [0.1, 0.15) is 15.7 Å². The summed E-state index contributed by atoms with van der Waals surface area (Å²) in [6.07, 6.45) is 17.5. The Morgan fingerprint density at radius 3 is 2.62 bits per heavy atom. The summed E-state index contributed by atoms with van der Waals surface area (Å²) in [5.41, 5.74) is 1.36. The molecule has 174 valence electrons. The fourth-order valence-electron chi connectivity index (χ4n) is 6.42. The number of hydrogen-bond acceptors (Lipinski definition) is 4. The molecule has 4 aliphatic rings. The zero-order chi connectivity index (χ0) is 22.2. The zero-order valence-electron chi connectivity index (χ0n) is 19.9. The van der Waals surface area contributed by atoms with Gasteiger partial charge >= 0.3 is 0 Å². The maximum atomic E-state index is 13.6. The molecule has 6 heteroatoms. The quantitative estimate of drug-likeness (QED) is 0.625. The number of nitrogens with zero attached hydrogens (tertiary/aromatic N) is 3. The average Bonchev–Trinajstić information content (AvgIpc) is 3.34. The Labute approximate surface area is 200 Å². The van der Waals surface area contributed by atoms with Gasteiger partial charge in [0.15, 0.2) is 6.04 Å². The molecule has 1 aromatic rings. The Bertz CT molecular complexity index is 1100. The molecule has 0 spiro atoms. The lowest BCUT2D eigenvalue weighted by Gasteiger charge is -2.43. The van der Waals surface area contributed by atoms with E-state index in [1.165, 1.54) is 56.4 Å². The first kappa shape index (κ1) is 22.5. The van der Waals surface area contributed by atoms with Gasteiger partial charge in [0.2, 0.25) is 5.04 Å². The van der Waals surface area contributed by atoms with E-state index in [1.807, 2.05) is 4.57 Å². The van der Waals surface area contributed by atoms with Gasteiger partial charge < -0.3 is 4.90 Å². The molecule has 2 fully saturated rings. The highest BCUT2D eigenvalue weighted by Crippen LogP contribution is 2.37. The number of rotatable bonds is 4. The van der Waals surface area contributed by atoms with Gasteiger partial charge in [0.05, 0.1) is 17.0 Å². The van der Waals surface area contributed by atoms with Crippen LogP contribution in [0.15, 0.2) is 16.9 Å². The highest BCUT2D eigenvalue weighted by atomic mass is 32.2. The van der Waals surface area contributed by atoms with Crippen LogP contribution in [0.3, 0.4) is 0 Å². The fourth-order valence-corrected chi connectivity index (χ4v) is 9.29. The molecule has 0 bridgehead atoms. The Hall–Kier alpha value is -1.27. The first-order valence-electron chi connectivity index (χ1n) is 12.9. The maximum Gasteiger partial charge on any atom is 0.271 e. The van der Waals surface area contributed by atoms with Crippen LogP contribution in [-0.2, 0) is 6.54 Å². The molecule has 4 unspecified atom stereocenters. The smallest absolute Gasteiger partial charge is 0.271 e. The third-order valence-electron chi connectivity index (χ3n) is 8.01. The summed E-state index contributed by atoms with van der Waals surface area (Å²) < 4.78 is 6.67. The van der Waals surface area contributed by atoms with E-state index in [0.717, 1.165) is 39.8 Å². The second-order valence-corrected chi connectivity index (χ2v) is 11.9. The van der Waals surface area contributed by atoms with Crippen LogP contribution in [0.2, 0.25) is 0 Å². The maximum absolute atomic E-state index is 13.6. The van der Waals surface area contributed by atoms with Crippen molar-refractivity contribution in [2.45, 2.75) is 96.0 Å². The van der Waals surface area contributed by atoms with Crippen LogP contribution in [0.1, 0.15) is 72.1 Å². The minimum Gasteiger partial charge on any atom is -0.367 e. The molecular formula is C26H38N3OS2+. The van der Waals surface area contributed by atoms with Crippen LogP contribution in [0, 0.1) is 5.92 Å². The number of thiazole rings is 1. The highest BCUT2D eigenvalue weighted by molar-refractivity contribution is 8.15. The van der Waals surface area contributed by atoms with E-state index in [4.69, 9.17) is 0 Å². The van der Waals surface area contributed by atoms with E-state index in [1.54, 1.807) is 11.3 Å². The molecule has 2 saturated carbocycles. The van der Waals surface area contributed by atoms with Gasteiger partial charge in [-0.15, -0.1) is 11.3 Å². The Morgan fingerprint density at radius 2 is 1.84 bits per heavy atom. The van der Waals surface area contributed by atoms with Crippen molar-refractivity contribution >= 4 is 39.9 Å². The summed E-state index contributed by atoms with van der Waals surface area (Å²) >= 11 is 3.77. The molecule has 5 rings (SSSR count). The number of hydrogen-bond donors (Lipinski definition) is 0. The zero-order valence-corrected chi connectivity index (χ0v) is 21.5. The molecule has 32 heavy (non-hydrogen) atoms. The number of fused-ring (bicyclic) bond motifs is 2. The van der Waals surface area contributed by atoms with Gasteiger partial charge in [-0.1, -0.05) is 25.3 Å². The molecule has 4 nitrogen and oxygen atoms in total. The van der Waals surface area contributed by atoms with Crippen LogP contribution in [0.25, 0.3) is 11.8 Å². The van der Waals surface area contributed by atoms with Crippen molar-refractivity contribution in [3.05, 3.63) is 31.7 Å². The summed E-state index contributed by atoms with van der Waals surface area (Å²) in [6.45, 7) is 9.39. The first-order valence-corrected chi connectivity index (χ1v) is 14.6. The lowest BCUT2D eigenvalue weighted by Crippen LogP contribution is -2.46. The summed E-state index contributed by atoms with van der Waals surface area (Å²) in [4.78, 5) is 16.1. The van der Waals surface area contributed by atoms with Crippen molar-refractivity contribution in [1.82, 2.24) is 9.47 Å². The average molecular weight is 473 g/mol. The molecular weight excluding hydrogens is 434 g/mol. The lowest BCUT2D eigenvalue weighted by atomic mass is 9.81. The van der Waals surface area contributed by atoms with Crippen molar-refractivity contribution in [3.63, 3.8) is 0 Å². The van der Waals surface area contributed by atoms with Crippen LogP contribution >= 0.6 is 23.1 Å². The Kier molecular flexibility index (Phi) is 6.71. The Morgan fingerprint density at radius 1 is 1.06 bits per heavy atom. The van der Waals surface area contributed by atoms with Crippen molar-refractivity contribution < 1.29 is 4.58 Å². The van der Waals surface area contributed by atoms with Crippen molar-refractivity contribution in [2.75, 3.05) is 13.1 Å². The summed E-state index contributed by atoms with van der Waals surface area (Å²) in [6, 6.07) is 1.25. The Balaban J connectivity index is 1.63. The molecule has 2 aliphatic carbocycles. The molecule has 3 heterocycles. The third-order valence-corrected chi connectivity index (χ3v) is 10.6. The number of likely N-dealkylation sites (N-methyl/N-ethyl adjacent to an activating group) is 1. The van der Waals surface area contributed by atoms with Gasteiger partial charge in [-0.25, -0.2) is 4.58 Å². The molecule has 0 amide bonds. The number of thioether (sulfide) groups is 1. The van der Waals surface area contributed by atoms with E-state index in [9.17, 15) is 4.79 Å². The van der Waals surface area contributed by atoms with Gasteiger partial charge in [-0.05, 0) is 70.2 Å². The van der Waals surface area contributed by atoms with Crippen LogP contribution < -0.4 is 14.8 Å². The monoisotopic (exact) mass is 472 g/mol. The second-order valence-electron chi connectivity index (χ2n) is 9.64. The molecule has 0 N–H and O–H groups in total. The molecule has 2 aliphatic heterocycles. The predicted octanol–water partition coefficient (Wildman–Crippen LogP) is 3.76. The van der Waals surface area contributed by atoms with Crippen molar-refractivity contribution in [1.29, 1.82) is 0 Å². The summed E-state index contributed by atoms with van der Waals surface area (Å²) in [5.74, 6) is 0.652. The molecule has 1 aromatic heterocycles. The van der Waals surface area contributed by atoms with E-state index >= 15 is 0 Å². The van der Waals surface area contributed by atoms with Gasteiger partial charge in [0.25, 0.3) is 5.56 Å². The van der Waals surface area contributed by atoms with Crippen LogP contribution in [0.4, 0.5) is 0 Å². The van der Waals surface area contributed by atoms with Gasteiger partial charge in [0, 0.05) is 25.6 Å². The lowest BCUT2D eigenvalue weighted by molar-refractivity contribution is -0.557. The van der Waals surface area contributed by atoms with Crippen molar-refractivity contribution in [3.8, 4) is 0 Å². The third kappa shape index (κ3) is 3.85. The number of aromatic nitrogens is 1. The fraction of sp³-hybridized carbons (Fsp3) is 0.692. The standard InChI is InChI=1S/C26H38N3OS2/c1-4-27-19-12-8-7-11-18(19)15-16-21(27)25-26(30)29(6-3)24(32-25)17-23-28(5-2)20-13-9-10-14-22(20)31-23/h15-20,22H,4-14H2,1-3H3/q+1/b25-21+. The van der Waals surface area contributed by atoms with Gasteiger partial charge in [-0.3, -0.25) is 9.36 Å². The SMILES string of the molecule is CCN1/C(=c2/sc(=CC3=[N+](CC)C4CCCCC4S3)n(CC)c2=O)C=CC2CCCCC21. The molecule has 0 aromatic carbocycles. The normalized spacial score (nSPS) is 32.5. The van der Waals surface area contributed by atoms with E-state index < -0.39 is 0 Å². The largest absolute Gasteiger partial charge is 0.367 e. The minimum absolute atomic E-state index is 0.195. The first-order chi connectivity index (χ1) is 15.7. The molecule has 4 atom stereocenters. The van der Waals surface area contributed by atoms with Crippen LogP contribution in [-0.4, -0.2) is 49.5 Å². The highest BCUT2D eigenvalue weighted by Gasteiger charge is 2.42. The molecule has 0 saturated heterocycles. The summed E-state index contributed by atoms with van der Waals surface area (Å²) in [5, 5.41) is 2.11. The second kappa shape index (κ2) is 9.54. The summed E-state index contributed by atoms with van der Waals surface area (Å²) in [7, 11) is 0. The topological polar surface area (TPSA) is 28.2 Å². The van der Waals surface area contributed by atoms with E-state index in [-0.39, 0.29) is 5.56 Å². The molecule has 0 radical (unpaired) electrons. The van der Waals surface area contributed by atoms with Crippen LogP contribution in [0.5, 0.6) is 0 Å². The van der Waals surface area contributed by atoms with E-state index in [2.05, 4.69) is 60.2 Å². The minimum atomic E-state index is 0.195. The van der Waals surface area contributed by atoms with Gasteiger partial charge in [-0.2, -0.15) is 0 Å². The predicted molar refractivity (Wildman–Crippen MR) is 138 cm³/mol.